The molecule has 0 aromatic rings. The predicted molar refractivity (Wildman–Crippen MR) is 40.0 cm³/mol. The van der Waals surface area contributed by atoms with Crippen LogP contribution in [0.2, 0.25) is 0 Å². The summed E-state index contributed by atoms with van der Waals surface area (Å²) in [4.78, 5) is 23.4. The van der Waals surface area contributed by atoms with Crippen LogP contribution in [-0.4, -0.2) is 29.9 Å². The van der Waals surface area contributed by atoms with Gasteiger partial charge in [0.2, 0.25) is 5.91 Å². The Kier molecular flexibility index (Phi) is 2.12. The molecular weight excluding hydrogens is 144 g/mol. The van der Waals surface area contributed by atoms with Gasteiger partial charge in [-0.05, 0) is 13.3 Å². The van der Waals surface area contributed by atoms with Crippen molar-refractivity contribution in [3.63, 3.8) is 0 Å². The molecule has 0 aromatic carbocycles. The summed E-state index contributed by atoms with van der Waals surface area (Å²) in [5, 5.41) is 2.43. The smallest absolute Gasteiger partial charge is 0.324 e. The Hall–Kier alpha value is -1.06. The second-order valence-electron chi connectivity index (χ2n) is 2.71. The van der Waals surface area contributed by atoms with Crippen molar-refractivity contribution >= 4 is 11.9 Å². The first-order chi connectivity index (χ1) is 5.16. The van der Waals surface area contributed by atoms with Gasteiger partial charge in [0.05, 0.1) is 0 Å². The molecule has 1 atom stereocenters. The van der Waals surface area contributed by atoms with Crippen LogP contribution in [0.5, 0.6) is 0 Å². The quantitative estimate of drug-likeness (QED) is 0.549. The van der Waals surface area contributed by atoms with Gasteiger partial charge in [0.1, 0.15) is 0 Å². The van der Waals surface area contributed by atoms with E-state index in [1.54, 1.807) is 0 Å². The first-order valence-corrected chi connectivity index (χ1v) is 3.70. The lowest BCUT2D eigenvalue weighted by atomic mass is 10.2. The molecule has 1 saturated heterocycles. The SMILES string of the molecule is CNC(=O)N1C(=O)CCC1C. The number of carbonyl (C=O) groups excluding carboxylic acids is 2. The maximum Gasteiger partial charge on any atom is 0.324 e. The van der Waals surface area contributed by atoms with Gasteiger partial charge in [-0.15, -0.1) is 0 Å². The molecule has 1 rings (SSSR count). The van der Waals surface area contributed by atoms with Crippen molar-refractivity contribution in [2.24, 2.45) is 0 Å². The fourth-order valence-electron chi connectivity index (χ4n) is 1.26. The maximum atomic E-state index is 11.1. The Bertz CT molecular complexity index is 191. The summed E-state index contributed by atoms with van der Waals surface area (Å²) in [6.45, 7) is 1.88. The molecule has 4 heteroatoms. The van der Waals surface area contributed by atoms with E-state index in [1.807, 2.05) is 6.92 Å². The van der Waals surface area contributed by atoms with Gasteiger partial charge in [0.25, 0.3) is 0 Å². The van der Waals surface area contributed by atoms with Gasteiger partial charge in [-0.25, -0.2) is 4.79 Å². The van der Waals surface area contributed by atoms with Crippen LogP contribution in [0, 0.1) is 0 Å². The second-order valence-corrected chi connectivity index (χ2v) is 2.71. The van der Waals surface area contributed by atoms with Crippen molar-refractivity contribution in [2.45, 2.75) is 25.8 Å². The van der Waals surface area contributed by atoms with Crippen LogP contribution in [0.25, 0.3) is 0 Å². The van der Waals surface area contributed by atoms with Crippen LogP contribution in [0.3, 0.4) is 0 Å². The molecule has 0 bridgehead atoms. The summed E-state index contributed by atoms with van der Waals surface area (Å²) in [5.74, 6) is -0.0724. The third-order valence-corrected chi connectivity index (χ3v) is 1.92. The zero-order valence-electron chi connectivity index (χ0n) is 6.76. The molecule has 0 aromatic heterocycles. The highest BCUT2D eigenvalue weighted by Crippen LogP contribution is 2.17. The maximum absolute atomic E-state index is 11.1. The summed E-state index contributed by atoms with van der Waals surface area (Å²) in [6, 6.07) is -0.234. The summed E-state index contributed by atoms with van der Waals surface area (Å²) in [6.07, 6.45) is 1.28. The van der Waals surface area contributed by atoms with E-state index in [2.05, 4.69) is 5.32 Å². The van der Waals surface area contributed by atoms with Crippen molar-refractivity contribution in [3.8, 4) is 0 Å². The molecule has 1 fully saturated rings. The number of imide groups is 1. The normalized spacial score (nSPS) is 24.0. The van der Waals surface area contributed by atoms with Gasteiger partial charge in [-0.2, -0.15) is 0 Å². The van der Waals surface area contributed by atoms with E-state index in [0.29, 0.717) is 6.42 Å². The zero-order chi connectivity index (χ0) is 8.43. The minimum Gasteiger partial charge on any atom is -0.341 e. The lowest BCUT2D eigenvalue weighted by molar-refractivity contribution is -0.125. The number of urea groups is 1. The summed E-state index contributed by atoms with van der Waals surface area (Å²) in [7, 11) is 1.53. The van der Waals surface area contributed by atoms with Crippen molar-refractivity contribution < 1.29 is 9.59 Å². The molecular formula is C7H12N2O2. The summed E-state index contributed by atoms with van der Waals surface area (Å²) in [5.41, 5.74) is 0. The number of hydrogen-bond acceptors (Lipinski definition) is 2. The molecule has 1 heterocycles. The molecule has 4 nitrogen and oxygen atoms in total. The molecule has 0 saturated carbocycles. The zero-order valence-corrected chi connectivity index (χ0v) is 6.76. The number of likely N-dealkylation sites (tertiary alicyclic amines) is 1. The Balaban J connectivity index is 2.68. The van der Waals surface area contributed by atoms with Gasteiger partial charge in [0, 0.05) is 19.5 Å². The van der Waals surface area contributed by atoms with Gasteiger partial charge in [-0.3, -0.25) is 9.69 Å². The molecule has 62 valence electrons. The van der Waals surface area contributed by atoms with Crippen LogP contribution in [0.4, 0.5) is 4.79 Å². The molecule has 1 unspecified atom stereocenters. The molecule has 11 heavy (non-hydrogen) atoms. The van der Waals surface area contributed by atoms with Gasteiger partial charge in [0.15, 0.2) is 0 Å². The van der Waals surface area contributed by atoms with Crippen molar-refractivity contribution in [1.29, 1.82) is 0 Å². The lowest BCUT2D eigenvalue weighted by Crippen LogP contribution is -2.42. The number of amides is 3. The Morgan fingerprint density at radius 2 is 2.36 bits per heavy atom. The summed E-state index contributed by atoms with van der Waals surface area (Å²) >= 11 is 0. The highest BCUT2D eigenvalue weighted by molar-refractivity contribution is 5.96. The molecule has 3 amide bonds. The van der Waals surface area contributed by atoms with Gasteiger partial charge in [-0.1, -0.05) is 0 Å². The third-order valence-electron chi connectivity index (χ3n) is 1.92. The van der Waals surface area contributed by atoms with E-state index < -0.39 is 0 Å². The molecule has 0 radical (unpaired) electrons. The lowest BCUT2D eigenvalue weighted by Gasteiger charge is -2.18. The molecule has 1 aliphatic heterocycles. The van der Waals surface area contributed by atoms with Crippen LogP contribution in [0.1, 0.15) is 19.8 Å². The Labute approximate surface area is 65.6 Å². The average molecular weight is 156 g/mol. The number of hydrogen-bond donors (Lipinski definition) is 1. The number of rotatable bonds is 0. The molecule has 1 N–H and O–H groups in total. The van der Waals surface area contributed by atoms with E-state index in [9.17, 15) is 9.59 Å². The van der Waals surface area contributed by atoms with E-state index in [1.165, 1.54) is 11.9 Å². The third kappa shape index (κ3) is 1.34. The van der Waals surface area contributed by atoms with E-state index in [0.717, 1.165) is 6.42 Å². The van der Waals surface area contributed by atoms with E-state index in [-0.39, 0.29) is 18.0 Å². The highest BCUT2D eigenvalue weighted by Gasteiger charge is 2.31. The van der Waals surface area contributed by atoms with Crippen molar-refractivity contribution in [3.05, 3.63) is 0 Å². The molecule has 0 aliphatic carbocycles. The number of nitrogens with zero attached hydrogens (tertiary/aromatic N) is 1. The van der Waals surface area contributed by atoms with Gasteiger partial charge < -0.3 is 5.32 Å². The molecule has 1 aliphatic rings. The average Bonchev–Trinajstić information content (AvgIpc) is 2.30. The minimum atomic E-state index is -0.292. The van der Waals surface area contributed by atoms with Crippen molar-refractivity contribution in [1.82, 2.24) is 10.2 Å². The fourth-order valence-corrected chi connectivity index (χ4v) is 1.26. The Morgan fingerprint density at radius 3 is 2.73 bits per heavy atom. The van der Waals surface area contributed by atoms with E-state index >= 15 is 0 Å². The van der Waals surface area contributed by atoms with Crippen LogP contribution in [-0.2, 0) is 4.79 Å². The minimum absolute atomic E-state index is 0.0578. The largest absolute Gasteiger partial charge is 0.341 e. The second kappa shape index (κ2) is 2.90. The van der Waals surface area contributed by atoms with Crippen LogP contribution >= 0.6 is 0 Å². The molecule has 0 spiro atoms. The van der Waals surface area contributed by atoms with Crippen LogP contribution in [0.15, 0.2) is 0 Å². The van der Waals surface area contributed by atoms with Crippen molar-refractivity contribution in [2.75, 3.05) is 7.05 Å². The first kappa shape index (κ1) is 8.04. The number of nitrogens with one attached hydrogen (secondary N) is 1. The van der Waals surface area contributed by atoms with E-state index in [4.69, 9.17) is 0 Å². The van der Waals surface area contributed by atoms with Crippen LogP contribution < -0.4 is 5.32 Å². The monoisotopic (exact) mass is 156 g/mol. The standard InChI is InChI=1S/C7H12N2O2/c1-5-3-4-6(10)9(5)7(11)8-2/h5H,3-4H2,1-2H3,(H,8,11). The first-order valence-electron chi connectivity index (χ1n) is 3.70. The topological polar surface area (TPSA) is 49.4 Å². The van der Waals surface area contributed by atoms with Gasteiger partial charge >= 0.3 is 6.03 Å². The number of carbonyl (C=O) groups is 2. The fraction of sp³-hybridized carbons (Fsp3) is 0.714. The predicted octanol–water partition coefficient (Wildman–Crippen LogP) is 0.337. The Morgan fingerprint density at radius 1 is 1.73 bits per heavy atom. The highest BCUT2D eigenvalue weighted by atomic mass is 16.2. The summed E-state index contributed by atoms with van der Waals surface area (Å²) < 4.78 is 0.